The maximum atomic E-state index is 13.7. The SMILES string of the molecule is CC.O=c1[nH]cc(-c2ccc(C(F)(F)F)c(F)c2)c2cc(O)ccc12. The van der Waals surface area contributed by atoms with Crippen molar-refractivity contribution in [3.63, 3.8) is 0 Å². The molecule has 0 aliphatic rings. The minimum Gasteiger partial charge on any atom is -0.508 e. The fourth-order valence-corrected chi connectivity index (χ4v) is 2.40. The molecule has 3 aromatic rings. The zero-order valence-corrected chi connectivity index (χ0v) is 13.4. The molecule has 0 aliphatic carbocycles. The van der Waals surface area contributed by atoms with E-state index >= 15 is 0 Å². The van der Waals surface area contributed by atoms with Crippen molar-refractivity contribution in [2.24, 2.45) is 0 Å². The van der Waals surface area contributed by atoms with Crippen LogP contribution in [0.5, 0.6) is 5.75 Å². The molecule has 0 spiro atoms. The maximum absolute atomic E-state index is 13.7. The van der Waals surface area contributed by atoms with Gasteiger partial charge in [-0.05, 0) is 35.9 Å². The lowest BCUT2D eigenvalue weighted by molar-refractivity contribution is -0.139. The van der Waals surface area contributed by atoms with Crippen molar-refractivity contribution in [2.75, 3.05) is 0 Å². The number of hydrogen-bond donors (Lipinski definition) is 2. The number of phenolic OH excluding ortho intramolecular Hbond substituents is 1. The molecule has 0 amide bonds. The molecule has 0 bridgehead atoms. The molecular formula is C18H15F4NO2. The molecule has 0 radical (unpaired) electrons. The number of aromatic nitrogens is 1. The highest BCUT2D eigenvalue weighted by Crippen LogP contribution is 2.35. The number of halogens is 4. The van der Waals surface area contributed by atoms with E-state index in [2.05, 4.69) is 4.98 Å². The Kier molecular flexibility index (Phi) is 5.15. The van der Waals surface area contributed by atoms with E-state index in [1.807, 2.05) is 13.8 Å². The second-order valence-electron chi connectivity index (χ2n) is 4.95. The number of H-pyrrole nitrogens is 1. The van der Waals surface area contributed by atoms with E-state index in [1.54, 1.807) is 0 Å². The van der Waals surface area contributed by atoms with Gasteiger partial charge in [0.05, 0.1) is 5.56 Å². The van der Waals surface area contributed by atoms with Crippen molar-refractivity contribution in [3.05, 3.63) is 64.3 Å². The van der Waals surface area contributed by atoms with Crippen LogP contribution in [-0.4, -0.2) is 10.1 Å². The second-order valence-corrected chi connectivity index (χ2v) is 4.95. The van der Waals surface area contributed by atoms with Crippen molar-refractivity contribution in [3.8, 4) is 16.9 Å². The first-order chi connectivity index (χ1) is 11.8. The van der Waals surface area contributed by atoms with Gasteiger partial charge in [-0.15, -0.1) is 0 Å². The Labute approximate surface area is 140 Å². The van der Waals surface area contributed by atoms with Gasteiger partial charge in [0.1, 0.15) is 11.6 Å². The third kappa shape index (κ3) is 3.65. The van der Waals surface area contributed by atoms with E-state index in [0.717, 1.165) is 12.1 Å². The van der Waals surface area contributed by atoms with E-state index in [-0.39, 0.29) is 16.7 Å². The van der Waals surface area contributed by atoms with E-state index < -0.39 is 23.1 Å². The molecule has 0 saturated carbocycles. The van der Waals surface area contributed by atoms with Gasteiger partial charge in [0.25, 0.3) is 5.56 Å². The monoisotopic (exact) mass is 353 g/mol. The predicted octanol–water partition coefficient (Wildman–Crippen LogP) is 5.08. The maximum Gasteiger partial charge on any atom is 0.419 e. The first-order valence-corrected chi connectivity index (χ1v) is 7.49. The quantitative estimate of drug-likeness (QED) is 0.599. The summed E-state index contributed by atoms with van der Waals surface area (Å²) in [5.74, 6) is -1.52. The number of phenols is 1. The van der Waals surface area contributed by atoms with Crippen LogP contribution in [0.3, 0.4) is 0 Å². The molecule has 7 heteroatoms. The van der Waals surface area contributed by atoms with Gasteiger partial charge < -0.3 is 10.1 Å². The summed E-state index contributed by atoms with van der Waals surface area (Å²) in [6.45, 7) is 4.00. The van der Waals surface area contributed by atoms with Crippen LogP contribution in [0.25, 0.3) is 21.9 Å². The fraction of sp³-hybridized carbons (Fsp3) is 0.167. The van der Waals surface area contributed by atoms with Crippen molar-refractivity contribution in [1.29, 1.82) is 0 Å². The fourth-order valence-electron chi connectivity index (χ4n) is 2.40. The van der Waals surface area contributed by atoms with Gasteiger partial charge >= 0.3 is 6.18 Å². The summed E-state index contributed by atoms with van der Waals surface area (Å²) in [5.41, 5.74) is -1.32. The van der Waals surface area contributed by atoms with Crippen LogP contribution in [0.4, 0.5) is 17.6 Å². The minimum atomic E-state index is -4.78. The van der Waals surface area contributed by atoms with Crippen LogP contribution in [-0.2, 0) is 6.18 Å². The summed E-state index contributed by atoms with van der Waals surface area (Å²) in [7, 11) is 0. The first-order valence-electron chi connectivity index (χ1n) is 7.49. The Morgan fingerprint density at radius 3 is 2.28 bits per heavy atom. The van der Waals surface area contributed by atoms with Gasteiger partial charge in [0.2, 0.25) is 0 Å². The van der Waals surface area contributed by atoms with Gasteiger partial charge in [0, 0.05) is 22.5 Å². The van der Waals surface area contributed by atoms with Crippen molar-refractivity contribution < 1.29 is 22.7 Å². The highest BCUT2D eigenvalue weighted by Gasteiger charge is 2.34. The molecule has 0 saturated heterocycles. The predicted molar refractivity (Wildman–Crippen MR) is 88.0 cm³/mol. The standard InChI is InChI=1S/C16H9F4NO2.C2H6/c17-14-5-8(1-4-13(14)16(18,19)20)12-7-21-15(23)10-3-2-9(22)6-11(10)12;1-2/h1-7,22H,(H,21,23);1-2H3. The Bertz CT molecular complexity index is 961. The van der Waals surface area contributed by atoms with E-state index in [1.165, 1.54) is 24.4 Å². The van der Waals surface area contributed by atoms with E-state index in [9.17, 15) is 27.5 Å². The number of rotatable bonds is 1. The van der Waals surface area contributed by atoms with Gasteiger partial charge in [-0.2, -0.15) is 13.2 Å². The van der Waals surface area contributed by atoms with Crippen LogP contribution in [0.1, 0.15) is 19.4 Å². The number of aromatic hydroxyl groups is 1. The second kappa shape index (κ2) is 6.96. The summed E-state index contributed by atoms with van der Waals surface area (Å²) in [6.07, 6.45) is -3.51. The topological polar surface area (TPSA) is 53.1 Å². The average molecular weight is 353 g/mol. The summed E-state index contributed by atoms with van der Waals surface area (Å²) < 4.78 is 51.6. The van der Waals surface area contributed by atoms with Crippen molar-refractivity contribution >= 4 is 10.8 Å². The van der Waals surface area contributed by atoms with Gasteiger partial charge in [0.15, 0.2) is 0 Å². The molecule has 132 valence electrons. The van der Waals surface area contributed by atoms with Crippen molar-refractivity contribution in [1.82, 2.24) is 4.98 Å². The van der Waals surface area contributed by atoms with Crippen LogP contribution in [0.15, 0.2) is 47.4 Å². The molecule has 1 aromatic heterocycles. The molecule has 2 N–H and O–H groups in total. The molecular weight excluding hydrogens is 338 g/mol. The number of alkyl halides is 3. The first kappa shape index (κ1) is 18.5. The number of pyridine rings is 1. The number of hydrogen-bond acceptors (Lipinski definition) is 2. The lowest BCUT2D eigenvalue weighted by Gasteiger charge is -2.11. The molecule has 0 atom stereocenters. The molecule has 3 rings (SSSR count). The summed E-state index contributed by atoms with van der Waals surface area (Å²) in [6, 6.07) is 6.50. The molecule has 0 fully saturated rings. The number of aromatic amines is 1. The normalized spacial score (nSPS) is 11.1. The van der Waals surface area contributed by atoms with Crippen LogP contribution < -0.4 is 5.56 Å². The molecule has 0 unspecified atom stereocenters. The number of benzene rings is 2. The van der Waals surface area contributed by atoms with E-state index in [0.29, 0.717) is 17.0 Å². The van der Waals surface area contributed by atoms with Gasteiger partial charge in [-0.3, -0.25) is 4.79 Å². The third-order valence-corrected chi connectivity index (χ3v) is 3.47. The number of fused-ring (bicyclic) bond motifs is 1. The van der Waals surface area contributed by atoms with E-state index in [4.69, 9.17) is 0 Å². The molecule has 3 nitrogen and oxygen atoms in total. The number of nitrogens with one attached hydrogen (secondary N) is 1. The Morgan fingerprint density at radius 1 is 1.00 bits per heavy atom. The lowest BCUT2D eigenvalue weighted by atomic mass is 9.99. The summed E-state index contributed by atoms with van der Waals surface area (Å²) in [4.78, 5) is 14.2. The zero-order chi connectivity index (χ0) is 18.8. The molecule has 0 aliphatic heterocycles. The largest absolute Gasteiger partial charge is 0.508 e. The highest BCUT2D eigenvalue weighted by molar-refractivity contribution is 5.96. The zero-order valence-electron chi connectivity index (χ0n) is 13.4. The molecule has 25 heavy (non-hydrogen) atoms. The smallest absolute Gasteiger partial charge is 0.419 e. The van der Waals surface area contributed by atoms with Crippen LogP contribution in [0.2, 0.25) is 0 Å². The van der Waals surface area contributed by atoms with Gasteiger partial charge in [-0.1, -0.05) is 19.9 Å². The van der Waals surface area contributed by atoms with Crippen molar-refractivity contribution in [2.45, 2.75) is 20.0 Å². The summed E-state index contributed by atoms with van der Waals surface area (Å²) in [5, 5.41) is 10.1. The Balaban J connectivity index is 0.00000109. The average Bonchev–Trinajstić information content (AvgIpc) is 2.55. The Hall–Kier alpha value is -2.83. The lowest BCUT2D eigenvalue weighted by Crippen LogP contribution is -2.08. The summed E-state index contributed by atoms with van der Waals surface area (Å²) >= 11 is 0. The minimum absolute atomic E-state index is 0.114. The molecule has 2 aromatic carbocycles. The van der Waals surface area contributed by atoms with Crippen LogP contribution in [0, 0.1) is 5.82 Å². The van der Waals surface area contributed by atoms with Crippen LogP contribution >= 0.6 is 0 Å². The molecule has 1 heterocycles. The third-order valence-electron chi connectivity index (χ3n) is 3.47. The van der Waals surface area contributed by atoms with Gasteiger partial charge in [-0.25, -0.2) is 4.39 Å². The Morgan fingerprint density at radius 2 is 1.68 bits per heavy atom. The highest BCUT2D eigenvalue weighted by atomic mass is 19.4.